The summed E-state index contributed by atoms with van der Waals surface area (Å²) in [5.41, 5.74) is -0.320. The number of hydrogen-bond acceptors (Lipinski definition) is 7. The predicted octanol–water partition coefficient (Wildman–Crippen LogP) is 6.72. The lowest BCUT2D eigenvalue weighted by Gasteiger charge is -2.30. The van der Waals surface area contributed by atoms with Crippen LogP contribution in [0, 0.1) is 5.95 Å². The third kappa shape index (κ3) is 7.53. The van der Waals surface area contributed by atoms with Crippen LogP contribution in [0.15, 0.2) is 60.9 Å². The van der Waals surface area contributed by atoms with Crippen molar-refractivity contribution < 1.29 is 37.7 Å². The van der Waals surface area contributed by atoms with Crippen LogP contribution in [0.3, 0.4) is 0 Å². The quantitative estimate of drug-likeness (QED) is 0.191. The molecule has 0 radical (unpaired) electrons. The highest BCUT2D eigenvalue weighted by Crippen LogP contribution is 2.34. The molecule has 4 rings (SSSR count). The van der Waals surface area contributed by atoms with Crippen LogP contribution >= 0.6 is 11.3 Å². The fourth-order valence-electron chi connectivity index (χ4n) is 4.11. The molecule has 222 valence electrons. The van der Waals surface area contributed by atoms with Gasteiger partial charge in [0.05, 0.1) is 17.5 Å². The zero-order valence-electron chi connectivity index (χ0n) is 23.1. The molecule has 0 fully saturated rings. The first-order chi connectivity index (χ1) is 19.6. The second-order valence-electron chi connectivity index (χ2n) is 10.7. The predicted molar refractivity (Wildman–Crippen MR) is 152 cm³/mol. The zero-order chi connectivity index (χ0) is 30.8. The minimum atomic E-state index is -3.10. The van der Waals surface area contributed by atoms with Gasteiger partial charge >= 0.3 is 12.2 Å². The molecule has 0 spiro atoms. The van der Waals surface area contributed by atoms with Crippen LogP contribution in [0.2, 0.25) is 0 Å². The number of aliphatic hydroxyl groups is 1. The van der Waals surface area contributed by atoms with Crippen molar-refractivity contribution in [2.75, 3.05) is 11.4 Å². The molecule has 0 aliphatic heterocycles. The zero-order valence-corrected chi connectivity index (χ0v) is 24.0. The number of carboxylic acid groups (broad SMARTS) is 1. The molecule has 0 unspecified atom stereocenters. The van der Waals surface area contributed by atoms with E-state index in [9.17, 15) is 33.0 Å². The largest absolute Gasteiger partial charge is 0.465 e. The van der Waals surface area contributed by atoms with Gasteiger partial charge in [0.1, 0.15) is 11.7 Å². The number of aliphatic hydroxyl groups excluding tert-OH is 1. The van der Waals surface area contributed by atoms with Gasteiger partial charge in [-0.15, -0.1) is 0 Å². The molecule has 0 saturated heterocycles. The molecular weight excluding hydrogens is 573 g/mol. The van der Waals surface area contributed by atoms with Gasteiger partial charge in [-0.3, -0.25) is 4.90 Å². The van der Waals surface area contributed by atoms with Crippen LogP contribution in [-0.2, 0) is 10.7 Å². The number of fused-ring (bicyclic) bond motifs is 1. The van der Waals surface area contributed by atoms with Gasteiger partial charge in [-0.1, -0.05) is 47.7 Å². The molecule has 2 atom stereocenters. The van der Waals surface area contributed by atoms with Gasteiger partial charge in [0.15, 0.2) is 5.13 Å². The summed E-state index contributed by atoms with van der Waals surface area (Å²) in [4.78, 5) is 34.3. The molecular formula is C29H29F3N4O5S. The van der Waals surface area contributed by atoms with Crippen molar-refractivity contribution in [3.05, 3.63) is 78.0 Å². The average Bonchev–Trinajstić information content (AvgIpc) is 3.38. The van der Waals surface area contributed by atoms with E-state index in [0.29, 0.717) is 15.8 Å². The van der Waals surface area contributed by atoms with E-state index in [-0.39, 0.29) is 16.3 Å². The summed E-state index contributed by atoms with van der Waals surface area (Å²) in [6.07, 6.45) is -0.950. The Kier molecular flexibility index (Phi) is 8.73. The topological polar surface area (TPSA) is 125 Å². The number of benzene rings is 2. The number of amides is 2. The van der Waals surface area contributed by atoms with Crippen molar-refractivity contribution in [1.29, 1.82) is 0 Å². The van der Waals surface area contributed by atoms with Gasteiger partial charge in [0.2, 0.25) is 5.95 Å². The number of alkyl carbamates (subject to hydrolysis) is 1. The van der Waals surface area contributed by atoms with Crippen LogP contribution in [0.1, 0.15) is 44.9 Å². The van der Waals surface area contributed by atoms with E-state index in [1.54, 1.807) is 39.0 Å². The standard InChI is InChI=1S/C29H29F3N4O5S/c1-28(2,3)41-26(38)35-21(24(37)16-7-9-20(10-8-16)29(4,31)32)15-36(27(39)40)25-34-14-22(42-25)17-5-6-18-13-33-23(30)12-19(18)11-17/h5-14,21,24,37H,15H2,1-4H3,(H,35,38)(H,39,40)/t21-,24+/m1/s1. The SMILES string of the molecule is CC(C)(C)OC(=O)N[C@H](CN(C(=O)O)c1ncc(-c2ccc3cnc(F)cc3c2)s1)[C@@H](O)c1ccc(C(C)(F)F)cc1. The smallest absolute Gasteiger partial charge is 0.413 e. The lowest BCUT2D eigenvalue weighted by molar-refractivity contribution is 0.0173. The molecule has 3 N–H and O–H groups in total. The third-order valence-electron chi connectivity index (χ3n) is 6.15. The number of ether oxygens (including phenoxy) is 1. The summed E-state index contributed by atoms with van der Waals surface area (Å²) in [6, 6.07) is 10.1. The Balaban J connectivity index is 1.63. The second kappa shape index (κ2) is 11.9. The number of hydrogen-bond donors (Lipinski definition) is 3. The summed E-state index contributed by atoms with van der Waals surface area (Å²) >= 11 is 1.03. The first kappa shape index (κ1) is 30.7. The molecule has 2 aromatic carbocycles. The fourth-order valence-corrected chi connectivity index (χ4v) is 5.03. The van der Waals surface area contributed by atoms with Crippen molar-refractivity contribution >= 4 is 39.4 Å². The Hall–Kier alpha value is -4.23. The number of alkyl halides is 2. The molecule has 42 heavy (non-hydrogen) atoms. The van der Waals surface area contributed by atoms with Gasteiger partial charge in [0, 0.05) is 36.3 Å². The summed E-state index contributed by atoms with van der Waals surface area (Å²) in [7, 11) is 0. The first-order valence-electron chi connectivity index (χ1n) is 12.8. The van der Waals surface area contributed by atoms with Gasteiger partial charge in [-0.2, -0.15) is 4.39 Å². The number of nitrogens with zero attached hydrogens (tertiary/aromatic N) is 3. The van der Waals surface area contributed by atoms with Crippen molar-refractivity contribution in [1.82, 2.24) is 15.3 Å². The van der Waals surface area contributed by atoms with Crippen LogP contribution < -0.4 is 10.2 Å². The molecule has 2 heterocycles. The fraction of sp³-hybridized carbons (Fsp3) is 0.310. The van der Waals surface area contributed by atoms with E-state index in [1.807, 2.05) is 0 Å². The van der Waals surface area contributed by atoms with Crippen LogP contribution in [0.4, 0.5) is 27.9 Å². The maximum Gasteiger partial charge on any atom is 0.413 e. The average molecular weight is 603 g/mol. The van der Waals surface area contributed by atoms with E-state index in [0.717, 1.165) is 40.7 Å². The molecule has 0 saturated carbocycles. The van der Waals surface area contributed by atoms with E-state index >= 15 is 0 Å². The minimum absolute atomic E-state index is 0.0441. The van der Waals surface area contributed by atoms with Gasteiger partial charge in [-0.25, -0.2) is 28.3 Å². The molecule has 13 heteroatoms. The normalized spacial score (nSPS) is 13.4. The Morgan fingerprint density at radius 3 is 2.33 bits per heavy atom. The number of carbonyl (C=O) groups is 2. The second-order valence-corrected chi connectivity index (χ2v) is 11.7. The number of anilines is 1. The summed E-state index contributed by atoms with van der Waals surface area (Å²) in [5.74, 6) is -3.74. The van der Waals surface area contributed by atoms with Crippen molar-refractivity contribution in [3.63, 3.8) is 0 Å². The molecule has 0 aliphatic rings. The summed E-state index contributed by atoms with van der Waals surface area (Å²) in [6.45, 7) is 5.20. The summed E-state index contributed by atoms with van der Waals surface area (Å²) in [5, 5.41) is 25.1. The van der Waals surface area contributed by atoms with Crippen LogP contribution in [0.25, 0.3) is 21.2 Å². The highest BCUT2D eigenvalue weighted by Gasteiger charge is 2.32. The highest BCUT2D eigenvalue weighted by atomic mass is 32.1. The maximum absolute atomic E-state index is 13.7. The lowest BCUT2D eigenvalue weighted by Crippen LogP contribution is -2.50. The van der Waals surface area contributed by atoms with E-state index in [2.05, 4.69) is 15.3 Å². The number of thiazole rings is 1. The van der Waals surface area contributed by atoms with E-state index in [1.165, 1.54) is 30.6 Å². The first-order valence-corrected chi connectivity index (χ1v) is 13.6. The third-order valence-corrected chi connectivity index (χ3v) is 7.22. The maximum atomic E-state index is 13.7. The monoisotopic (exact) mass is 602 g/mol. The number of aromatic nitrogens is 2. The Labute approximate surface area is 243 Å². The molecule has 2 aromatic heterocycles. The van der Waals surface area contributed by atoms with E-state index < -0.39 is 48.3 Å². The van der Waals surface area contributed by atoms with Crippen molar-refractivity contribution in [3.8, 4) is 10.4 Å². The van der Waals surface area contributed by atoms with E-state index in [4.69, 9.17) is 4.74 Å². The number of pyridine rings is 1. The Bertz CT molecular complexity index is 1580. The van der Waals surface area contributed by atoms with Crippen LogP contribution in [-0.4, -0.2) is 50.6 Å². The Morgan fingerprint density at radius 2 is 1.71 bits per heavy atom. The lowest BCUT2D eigenvalue weighted by atomic mass is 9.99. The Morgan fingerprint density at radius 1 is 1.02 bits per heavy atom. The number of halogens is 3. The minimum Gasteiger partial charge on any atom is -0.465 e. The molecule has 4 aromatic rings. The van der Waals surface area contributed by atoms with Crippen molar-refractivity contribution in [2.45, 2.75) is 51.4 Å². The van der Waals surface area contributed by atoms with Crippen LogP contribution in [0.5, 0.6) is 0 Å². The van der Waals surface area contributed by atoms with Gasteiger partial charge in [-0.05, 0) is 43.4 Å². The molecule has 2 amide bonds. The molecule has 0 bridgehead atoms. The number of rotatable bonds is 8. The molecule has 0 aliphatic carbocycles. The summed E-state index contributed by atoms with van der Waals surface area (Å²) < 4.78 is 46.4. The number of nitrogens with one attached hydrogen (secondary N) is 1. The van der Waals surface area contributed by atoms with Crippen molar-refractivity contribution in [2.24, 2.45) is 0 Å². The van der Waals surface area contributed by atoms with Gasteiger partial charge < -0.3 is 20.3 Å². The molecule has 9 nitrogen and oxygen atoms in total. The highest BCUT2D eigenvalue weighted by molar-refractivity contribution is 7.19. The number of carbonyl (C=O) groups excluding carboxylic acids is 1. The van der Waals surface area contributed by atoms with Gasteiger partial charge in [0.25, 0.3) is 5.92 Å².